The molecule has 0 N–H and O–H groups in total. The highest BCUT2D eigenvalue weighted by Gasteiger charge is 2.00. The Hall–Kier alpha value is -0.550. The fraction of sp³-hybridized carbons (Fsp3) is 0.400. The predicted molar refractivity (Wildman–Crippen MR) is 68.1 cm³/mol. The lowest BCUT2D eigenvalue weighted by Gasteiger charge is -2.05. The van der Waals surface area contributed by atoms with Gasteiger partial charge in [-0.15, -0.1) is 12.4 Å². The SMILES string of the molecule is CC(C)Cc1ccccc1[S].Cl.F.F.F.F. The number of rotatable bonds is 2. The molecular formula is C10H18ClF4S. The lowest BCUT2D eigenvalue weighted by atomic mass is 10.0. The third kappa shape index (κ3) is 9.98. The maximum absolute atomic E-state index is 5.17. The van der Waals surface area contributed by atoms with Crippen molar-refractivity contribution in [3.63, 3.8) is 0 Å². The van der Waals surface area contributed by atoms with Crippen molar-refractivity contribution >= 4 is 25.0 Å². The Morgan fingerprint density at radius 2 is 1.44 bits per heavy atom. The van der Waals surface area contributed by atoms with Gasteiger partial charge in [-0.3, -0.25) is 18.8 Å². The van der Waals surface area contributed by atoms with Crippen LogP contribution in [0.15, 0.2) is 29.2 Å². The van der Waals surface area contributed by atoms with Crippen LogP contribution in [0, 0.1) is 5.92 Å². The van der Waals surface area contributed by atoms with E-state index in [2.05, 4.69) is 19.9 Å². The quantitative estimate of drug-likeness (QED) is 0.702. The fourth-order valence-corrected chi connectivity index (χ4v) is 1.34. The van der Waals surface area contributed by atoms with Gasteiger partial charge in [-0.25, -0.2) is 0 Å². The van der Waals surface area contributed by atoms with E-state index in [9.17, 15) is 0 Å². The number of benzene rings is 1. The van der Waals surface area contributed by atoms with Crippen LogP contribution in [0.5, 0.6) is 0 Å². The monoisotopic (exact) mass is 281 g/mol. The first-order valence-electron chi connectivity index (χ1n) is 3.95. The minimum atomic E-state index is 0. The lowest BCUT2D eigenvalue weighted by molar-refractivity contribution is 0.641. The molecule has 1 rings (SSSR count). The van der Waals surface area contributed by atoms with Crippen molar-refractivity contribution in [2.75, 3.05) is 0 Å². The number of hydrogen-bond donors (Lipinski definition) is 0. The molecule has 99 valence electrons. The van der Waals surface area contributed by atoms with E-state index in [1.807, 2.05) is 18.2 Å². The average molecular weight is 282 g/mol. The summed E-state index contributed by atoms with van der Waals surface area (Å²) in [4.78, 5) is 1.00. The molecule has 0 unspecified atom stereocenters. The second kappa shape index (κ2) is 14.5. The van der Waals surface area contributed by atoms with Crippen LogP contribution < -0.4 is 0 Å². The molecule has 0 heterocycles. The van der Waals surface area contributed by atoms with Crippen molar-refractivity contribution in [1.29, 1.82) is 0 Å². The van der Waals surface area contributed by atoms with Crippen molar-refractivity contribution in [2.45, 2.75) is 25.2 Å². The van der Waals surface area contributed by atoms with E-state index in [-0.39, 0.29) is 31.2 Å². The predicted octanol–water partition coefficient (Wildman–Crippen LogP) is 4.47. The third-order valence-corrected chi connectivity index (χ3v) is 2.00. The van der Waals surface area contributed by atoms with Crippen LogP contribution in [0.3, 0.4) is 0 Å². The number of halogens is 5. The van der Waals surface area contributed by atoms with Crippen LogP contribution in [-0.4, -0.2) is 0 Å². The summed E-state index contributed by atoms with van der Waals surface area (Å²) in [5.41, 5.74) is 1.30. The van der Waals surface area contributed by atoms with E-state index in [0.29, 0.717) is 5.92 Å². The minimum Gasteiger partial charge on any atom is -0.269 e. The van der Waals surface area contributed by atoms with Crippen LogP contribution >= 0.6 is 25.0 Å². The Bertz CT molecular complexity index is 246. The molecule has 0 atom stereocenters. The lowest BCUT2D eigenvalue weighted by Crippen LogP contribution is -1.94. The van der Waals surface area contributed by atoms with Crippen molar-refractivity contribution in [3.05, 3.63) is 29.8 Å². The average Bonchev–Trinajstić information content (AvgIpc) is 1.93. The second-order valence-electron chi connectivity index (χ2n) is 3.21. The Balaban J connectivity index is -0.0000000807. The molecule has 1 aromatic carbocycles. The van der Waals surface area contributed by atoms with Crippen molar-refractivity contribution in [1.82, 2.24) is 0 Å². The van der Waals surface area contributed by atoms with Crippen molar-refractivity contribution in [3.8, 4) is 0 Å². The van der Waals surface area contributed by atoms with Gasteiger partial charge in [-0.05, 0) is 24.0 Å². The van der Waals surface area contributed by atoms with Gasteiger partial charge in [0.05, 0.1) is 0 Å². The topological polar surface area (TPSA) is 0 Å². The summed E-state index contributed by atoms with van der Waals surface area (Å²) in [7, 11) is 0. The van der Waals surface area contributed by atoms with Crippen molar-refractivity contribution < 1.29 is 18.8 Å². The van der Waals surface area contributed by atoms with E-state index in [0.717, 1.165) is 11.3 Å². The van der Waals surface area contributed by atoms with E-state index >= 15 is 0 Å². The van der Waals surface area contributed by atoms with E-state index in [1.54, 1.807) is 0 Å². The molecular weight excluding hydrogens is 264 g/mol. The summed E-state index contributed by atoms with van der Waals surface area (Å²) in [5.74, 6) is 0.694. The van der Waals surface area contributed by atoms with Crippen LogP contribution in [0.2, 0.25) is 0 Å². The molecule has 0 aliphatic heterocycles. The van der Waals surface area contributed by atoms with E-state index in [4.69, 9.17) is 12.6 Å². The second-order valence-corrected chi connectivity index (χ2v) is 3.65. The standard InChI is InChI=1S/C10H13S.ClH.4FH/c1-8(2)7-9-5-3-4-6-10(9)11;;;;;/h3-6,8H,7H2,1-2H3;5*1H. The zero-order valence-electron chi connectivity index (χ0n) is 9.04. The summed E-state index contributed by atoms with van der Waals surface area (Å²) in [6.07, 6.45) is 1.10. The van der Waals surface area contributed by atoms with Gasteiger partial charge in [0.15, 0.2) is 0 Å². The Morgan fingerprint density at radius 1 is 1.00 bits per heavy atom. The Morgan fingerprint density at radius 3 is 1.81 bits per heavy atom. The van der Waals surface area contributed by atoms with Gasteiger partial charge < -0.3 is 0 Å². The highest BCUT2D eigenvalue weighted by molar-refractivity contribution is 7.80. The van der Waals surface area contributed by atoms with Crippen LogP contribution in [0.4, 0.5) is 18.8 Å². The molecule has 0 saturated carbocycles. The smallest absolute Gasteiger partial charge is 0.0409 e. The fourth-order valence-electron chi connectivity index (χ4n) is 1.11. The minimum absolute atomic E-state index is 0. The first-order chi connectivity index (χ1) is 5.20. The van der Waals surface area contributed by atoms with Crippen LogP contribution in [0.1, 0.15) is 19.4 Å². The molecule has 0 aliphatic rings. The Kier molecular flexibility index (Phi) is 26.7. The van der Waals surface area contributed by atoms with Crippen LogP contribution in [-0.2, 0) is 6.42 Å². The first-order valence-corrected chi connectivity index (χ1v) is 4.36. The van der Waals surface area contributed by atoms with Gasteiger partial charge in [0.25, 0.3) is 0 Å². The van der Waals surface area contributed by atoms with Gasteiger partial charge in [-0.1, -0.05) is 44.7 Å². The zero-order chi connectivity index (χ0) is 8.27. The molecule has 0 nitrogen and oxygen atoms in total. The third-order valence-electron chi connectivity index (χ3n) is 1.60. The molecule has 1 aromatic rings. The Labute approximate surface area is 105 Å². The van der Waals surface area contributed by atoms with Crippen molar-refractivity contribution in [2.24, 2.45) is 5.92 Å². The number of hydrogen-bond acceptors (Lipinski definition) is 0. The molecule has 0 fully saturated rings. The van der Waals surface area contributed by atoms with Gasteiger partial charge in [-0.2, -0.15) is 0 Å². The maximum atomic E-state index is 5.17. The molecule has 1 radical (unpaired) electrons. The summed E-state index contributed by atoms with van der Waals surface area (Å²) in [6, 6.07) is 8.15. The molecule has 0 bridgehead atoms. The molecule has 6 heteroatoms. The maximum Gasteiger partial charge on any atom is 0.0409 e. The first kappa shape index (κ1) is 29.5. The zero-order valence-corrected chi connectivity index (χ0v) is 10.7. The van der Waals surface area contributed by atoms with Gasteiger partial charge in [0.2, 0.25) is 0 Å². The molecule has 16 heavy (non-hydrogen) atoms. The van der Waals surface area contributed by atoms with Gasteiger partial charge >= 0.3 is 0 Å². The highest BCUT2D eigenvalue weighted by Crippen LogP contribution is 2.16. The highest BCUT2D eigenvalue weighted by atomic mass is 35.5. The summed E-state index contributed by atoms with van der Waals surface area (Å²) in [6.45, 7) is 4.42. The molecule has 0 aliphatic carbocycles. The van der Waals surface area contributed by atoms with E-state index in [1.165, 1.54) is 5.56 Å². The summed E-state index contributed by atoms with van der Waals surface area (Å²) >= 11 is 5.17. The molecule has 0 amide bonds. The molecule has 0 aromatic heterocycles. The van der Waals surface area contributed by atoms with Gasteiger partial charge in [0, 0.05) is 4.90 Å². The molecule has 0 saturated heterocycles. The largest absolute Gasteiger partial charge is 0.269 e. The normalized spacial score (nSPS) is 7.19. The molecule has 0 spiro atoms. The van der Waals surface area contributed by atoms with E-state index < -0.39 is 0 Å². The summed E-state index contributed by atoms with van der Waals surface area (Å²) in [5, 5.41) is 0. The summed E-state index contributed by atoms with van der Waals surface area (Å²) < 4.78 is 0. The van der Waals surface area contributed by atoms with Gasteiger partial charge in [0.1, 0.15) is 0 Å². The van der Waals surface area contributed by atoms with Crippen LogP contribution in [0.25, 0.3) is 0 Å².